The summed E-state index contributed by atoms with van der Waals surface area (Å²) in [5, 5.41) is 10.3. The van der Waals surface area contributed by atoms with E-state index in [1.54, 1.807) is 7.11 Å². The third-order valence-corrected chi connectivity index (χ3v) is 5.11. The molecule has 2 saturated carbocycles. The number of aliphatic hydroxyl groups excluding tert-OH is 1. The summed E-state index contributed by atoms with van der Waals surface area (Å²) >= 11 is 0. The van der Waals surface area contributed by atoms with Crippen molar-refractivity contribution in [3.8, 4) is 11.5 Å². The molecular weight excluding hydrogens is 252 g/mol. The first kappa shape index (κ1) is 13.7. The van der Waals surface area contributed by atoms with E-state index in [9.17, 15) is 5.11 Å². The molecule has 0 radical (unpaired) electrons. The van der Waals surface area contributed by atoms with Crippen LogP contribution in [-0.4, -0.2) is 24.4 Å². The molecule has 0 amide bonds. The molecular formula is C17H24O3. The Bertz CT molecular complexity index is 449. The smallest absolute Gasteiger partial charge is 0.161 e. The zero-order chi connectivity index (χ0) is 14.0. The summed E-state index contributed by atoms with van der Waals surface area (Å²) in [6.07, 6.45) is 7.87. The zero-order valence-electron chi connectivity index (χ0n) is 12.2. The van der Waals surface area contributed by atoms with Crippen molar-refractivity contribution in [2.24, 2.45) is 5.41 Å². The van der Waals surface area contributed by atoms with Crippen LogP contribution in [0.2, 0.25) is 0 Å². The first-order valence-corrected chi connectivity index (χ1v) is 7.74. The number of aliphatic hydroxyl groups is 1. The van der Waals surface area contributed by atoms with Gasteiger partial charge in [-0.15, -0.1) is 0 Å². The Morgan fingerprint density at radius 1 is 1.05 bits per heavy atom. The molecule has 1 aromatic rings. The van der Waals surface area contributed by atoms with Gasteiger partial charge in [0.15, 0.2) is 11.5 Å². The third kappa shape index (κ3) is 2.28. The summed E-state index contributed by atoms with van der Waals surface area (Å²) in [4.78, 5) is 0. The van der Waals surface area contributed by atoms with Crippen molar-refractivity contribution in [3.63, 3.8) is 0 Å². The Hall–Kier alpha value is -1.22. The molecule has 3 rings (SSSR count). The van der Waals surface area contributed by atoms with Crippen molar-refractivity contribution in [2.45, 2.75) is 57.2 Å². The van der Waals surface area contributed by atoms with Crippen LogP contribution in [0.5, 0.6) is 11.5 Å². The minimum atomic E-state index is -0.194. The van der Waals surface area contributed by atoms with Gasteiger partial charge in [0.2, 0.25) is 0 Å². The van der Waals surface area contributed by atoms with Crippen LogP contribution in [0.25, 0.3) is 0 Å². The second-order valence-corrected chi connectivity index (χ2v) is 6.16. The fourth-order valence-corrected chi connectivity index (χ4v) is 3.80. The minimum Gasteiger partial charge on any atom is -0.493 e. The Labute approximate surface area is 120 Å². The van der Waals surface area contributed by atoms with Gasteiger partial charge in [0, 0.05) is 11.8 Å². The number of rotatable bonds is 3. The lowest BCUT2D eigenvalue weighted by Gasteiger charge is -2.53. The van der Waals surface area contributed by atoms with Crippen LogP contribution in [0.3, 0.4) is 0 Å². The summed E-state index contributed by atoms with van der Waals surface area (Å²) in [5.41, 5.74) is -0.0165. The van der Waals surface area contributed by atoms with E-state index in [-0.39, 0.29) is 17.6 Å². The molecule has 2 aliphatic carbocycles. The molecule has 2 atom stereocenters. The van der Waals surface area contributed by atoms with E-state index in [0.717, 1.165) is 30.8 Å². The van der Waals surface area contributed by atoms with Gasteiger partial charge in [-0.05, 0) is 25.0 Å². The van der Waals surface area contributed by atoms with Crippen LogP contribution in [-0.2, 0) is 0 Å². The summed E-state index contributed by atoms with van der Waals surface area (Å²) in [6.45, 7) is 0. The molecule has 0 bridgehead atoms. The summed E-state index contributed by atoms with van der Waals surface area (Å²) in [5.74, 6) is 1.58. The van der Waals surface area contributed by atoms with Crippen molar-refractivity contribution in [3.05, 3.63) is 24.3 Å². The first-order valence-electron chi connectivity index (χ1n) is 7.74. The fraction of sp³-hybridized carbons (Fsp3) is 0.647. The molecule has 1 spiro atoms. The molecule has 0 saturated heterocycles. The lowest BCUT2D eigenvalue weighted by Crippen LogP contribution is -2.59. The number of methoxy groups -OCH3 is 1. The third-order valence-electron chi connectivity index (χ3n) is 5.11. The Balaban J connectivity index is 1.77. The molecule has 1 aromatic carbocycles. The van der Waals surface area contributed by atoms with Crippen LogP contribution in [0.4, 0.5) is 0 Å². The van der Waals surface area contributed by atoms with E-state index in [4.69, 9.17) is 9.47 Å². The molecule has 110 valence electrons. The van der Waals surface area contributed by atoms with Gasteiger partial charge in [0.1, 0.15) is 6.10 Å². The summed E-state index contributed by atoms with van der Waals surface area (Å²) < 4.78 is 11.6. The van der Waals surface area contributed by atoms with Gasteiger partial charge in [-0.25, -0.2) is 0 Å². The number of ether oxygens (including phenoxy) is 2. The Kier molecular flexibility index (Phi) is 3.88. The second kappa shape index (κ2) is 5.65. The maximum absolute atomic E-state index is 10.3. The second-order valence-electron chi connectivity index (χ2n) is 6.16. The van der Waals surface area contributed by atoms with Crippen molar-refractivity contribution in [2.75, 3.05) is 7.11 Å². The standard InChI is InChI=1S/C17H24O3/c1-19-13-8-4-5-9-14(13)20-16-12-15(18)17(16)10-6-2-3-7-11-17/h4-5,8-9,15-16,18H,2-3,6-7,10-12H2,1H3. The van der Waals surface area contributed by atoms with Crippen LogP contribution in [0, 0.1) is 5.41 Å². The van der Waals surface area contributed by atoms with Gasteiger partial charge in [0.05, 0.1) is 13.2 Å². The van der Waals surface area contributed by atoms with Crippen LogP contribution in [0.15, 0.2) is 24.3 Å². The molecule has 1 N–H and O–H groups in total. The van der Waals surface area contributed by atoms with E-state index in [1.807, 2.05) is 24.3 Å². The van der Waals surface area contributed by atoms with Gasteiger partial charge >= 0.3 is 0 Å². The number of hydrogen-bond acceptors (Lipinski definition) is 3. The monoisotopic (exact) mass is 276 g/mol. The quantitative estimate of drug-likeness (QED) is 0.917. The number of hydrogen-bond donors (Lipinski definition) is 1. The number of para-hydroxylation sites is 2. The van der Waals surface area contributed by atoms with Crippen molar-refractivity contribution in [1.82, 2.24) is 0 Å². The predicted octanol–water partition coefficient (Wildman–Crippen LogP) is 3.55. The highest BCUT2D eigenvalue weighted by atomic mass is 16.5. The highest BCUT2D eigenvalue weighted by Gasteiger charge is 2.55. The van der Waals surface area contributed by atoms with Gasteiger partial charge < -0.3 is 14.6 Å². The largest absolute Gasteiger partial charge is 0.493 e. The molecule has 3 heteroatoms. The molecule has 2 fully saturated rings. The summed E-state index contributed by atoms with van der Waals surface area (Å²) in [7, 11) is 1.67. The SMILES string of the molecule is COc1ccccc1OC1CC(O)C12CCCCCC2. The molecule has 0 aliphatic heterocycles. The average Bonchev–Trinajstić information content (AvgIpc) is 2.75. The molecule has 0 heterocycles. The summed E-state index contributed by atoms with van der Waals surface area (Å²) in [6, 6.07) is 7.79. The van der Waals surface area contributed by atoms with E-state index < -0.39 is 0 Å². The maximum atomic E-state index is 10.3. The maximum Gasteiger partial charge on any atom is 0.161 e. The zero-order valence-corrected chi connectivity index (χ0v) is 12.2. The lowest BCUT2D eigenvalue weighted by molar-refractivity contribution is -0.163. The topological polar surface area (TPSA) is 38.7 Å². The van der Waals surface area contributed by atoms with Gasteiger partial charge in [0.25, 0.3) is 0 Å². The van der Waals surface area contributed by atoms with Crippen LogP contribution < -0.4 is 9.47 Å². The fourth-order valence-electron chi connectivity index (χ4n) is 3.80. The number of benzene rings is 1. The molecule has 2 unspecified atom stereocenters. The molecule has 2 aliphatic rings. The minimum absolute atomic E-state index is 0.0165. The van der Waals surface area contributed by atoms with Gasteiger partial charge in [-0.2, -0.15) is 0 Å². The van der Waals surface area contributed by atoms with Crippen molar-refractivity contribution >= 4 is 0 Å². The Morgan fingerprint density at radius 2 is 1.70 bits per heavy atom. The van der Waals surface area contributed by atoms with Gasteiger partial charge in [-0.3, -0.25) is 0 Å². The lowest BCUT2D eigenvalue weighted by atomic mass is 9.59. The first-order chi connectivity index (χ1) is 9.76. The van der Waals surface area contributed by atoms with Crippen LogP contribution in [0.1, 0.15) is 44.9 Å². The Morgan fingerprint density at radius 3 is 2.30 bits per heavy atom. The van der Waals surface area contributed by atoms with Crippen LogP contribution >= 0.6 is 0 Å². The van der Waals surface area contributed by atoms with E-state index in [1.165, 1.54) is 25.7 Å². The van der Waals surface area contributed by atoms with E-state index in [0.29, 0.717) is 0 Å². The highest BCUT2D eigenvalue weighted by Crippen LogP contribution is 2.52. The molecule has 3 nitrogen and oxygen atoms in total. The van der Waals surface area contributed by atoms with Gasteiger partial charge in [-0.1, -0.05) is 37.8 Å². The normalized spacial score (nSPS) is 28.5. The van der Waals surface area contributed by atoms with E-state index in [2.05, 4.69) is 0 Å². The van der Waals surface area contributed by atoms with E-state index >= 15 is 0 Å². The molecule has 20 heavy (non-hydrogen) atoms. The predicted molar refractivity (Wildman–Crippen MR) is 78.2 cm³/mol. The average molecular weight is 276 g/mol. The van der Waals surface area contributed by atoms with Crippen molar-refractivity contribution < 1.29 is 14.6 Å². The molecule has 0 aromatic heterocycles. The van der Waals surface area contributed by atoms with Crippen molar-refractivity contribution in [1.29, 1.82) is 0 Å². The highest BCUT2D eigenvalue weighted by molar-refractivity contribution is 5.39.